The first-order chi connectivity index (χ1) is 13.7. The quantitative estimate of drug-likeness (QED) is 0.221. The molecule has 2 heteroatoms. The van der Waals surface area contributed by atoms with E-state index in [1.165, 1.54) is 70.3 Å². The molecule has 142 valence electrons. The van der Waals surface area contributed by atoms with Gasteiger partial charge in [-0.25, -0.2) is 0 Å². The van der Waals surface area contributed by atoms with E-state index >= 15 is 0 Å². The zero-order valence-corrected chi connectivity index (χ0v) is 18.7. The average molecular weight is 449 g/mol. The van der Waals surface area contributed by atoms with Gasteiger partial charge in [0.2, 0.25) is 0 Å². The van der Waals surface area contributed by atoms with Gasteiger partial charge in [0.15, 0.2) is 0 Å². The van der Waals surface area contributed by atoms with Gasteiger partial charge in [0.25, 0.3) is 0 Å². The van der Waals surface area contributed by atoms with Gasteiger partial charge in [-0.15, -0.1) is 12.6 Å². The maximum absolute atomic E-state index is 4.88. The summed E-state index contributed by atoms with van der Waals surface area (Å²) >= 11 is 8.47. The lowest BCUT2D eigenvalue weighted by Crippen LogP contribution is -1.88. The van der Waals surface area contributed by atoms with E-state index in [-0.39, 0.29) is 0 Å². The summed E-state index contributed by atoms with van der Waals surface area (Å²) in [6.45, 7) is 2.26. The van der Waals surface area contributed by atoms with Crippen molar-refractivity contribution in [1.82, 2.24) is 0 Å². The number of hydrogen-bond acceptors (Lipinski definition) is 1. The first-order valence-corrected chi connectivity index (χ1v) is 11.3. The number of rotatable bonds is 6. The minimum absolute atomic E-state index is 1.04. The second-order valence-electron chi connectivity index (χ2n) is 7.53. The van der Waals surface area contributed by atoms with Crippen molar-refractivity contribution in [2.75, 3.05) is 0 Å². The van der Waals surface area contributed by atoms with E-state index in [0.29, 0.717) is 0 Å². The minimum atomic E-state index is 1.04. The van der Waals surface area contributed by atoms with Gasteiger partial charge in [-0.3, -0.25) is 0 Å². The zero-order valence-electron chi connectivity index (χ0n) is 16.2. The van der Waals surface area contributed by atoms with Crippen molar-refractivity contribution in [2.24, 2.45) is 0 Å². The fourth-order valence-corrected chi connectivity index (χ4v) is 4.64. The molecular weight excluding hydrogens is 424 g/mol. The molecule has 28 heavy (non-hydrogen) atoms. The Morgan fingerprint density at radius 1 is 0.750 bits per heavy atom. The maximum Gasteiger partial charge on any atom is 0.0198 e. The van der Waals surface area contributed by atoms with Crippen LogP contribution in [0, 0.1) is 0 Å². The van der Waals surface area contributed by atoms with Crippen molar-refractivity contribution >= 4 is 50.1 Å². The van der Waals surface area contributed by atoms with E-state index in [1.54, 1.807) is 0 Å². The molecule has 4 rings (SSSR count). The molecule has 0 aromatic heterocycles. The number of benzene rings is 4. The fourth-order valence-electron chi connectivity index (χ4n) is 3.88. The van der Waals surface area contributed by atoms with Crippen molar-refractivity contribution in [2.45, 2.75) is 43.9 Å². The third kappa shape index (κ3) is 4.14. The van der Waals surface area contributed by atoms with Gasteiger partial charge in [0, 0.05) is 9.37 Å². The van der Waals surface area contributed by atoms with Crippen LogP contribution in [0.15, 0.2) is 76.1 Å². The van der Waals surface area contributed by atoms with E-state index in [4.69, 9.17) is 12.6 Å². The molecule has 0 atom stereocenters. The Kier molecular flexibility index (Phi) is 6.08. The van der Waals surface area contributed by atoms with Gasteiger partial charge in [-0.2, -0.15) is 0 Å². The van der Waals surface area contributed by atoms with Crippen LogP contribution in [0.1, 0.15) is 38.2 Å². The topological polar surface area (TPSA) is 0 Å². The Morgan fingerprint density at radius 2 is 1.54 bits per heavy atom. The number of hydrogen-bond donors (Lipinski definition) is 1. The molecule has 0 radical (unpaired) electrons. The molecule has 0 bridgehead atoms. The summed E-state index contributed by atoms with van der Waals surface area (Å²) in [6.07, 6.45) is 6.39. The van der Waals surface area contributed by atoms with E-state index < -0.39 is 0 Å². The Balaban J connectivity index is 1.70. The van der Waals surface area contributed by atoms with Crippen LogP contribution in [0.25, 0.3) is 32.7 Å². The lowest BCUT2D eigenvalue weighted by molar-refractivity contribution is 0.667. The fraction of sp³-hybridized carbons (Fsp3) is 0.231. The van der Waals surface area contributed by atoms with Crippen molar-refractivity contribution < 1.29 is 0 Å². The van der Waals surface area contributed by atoms with Gasteiger partial charge >= 0.3 is 0 Å². The zero-order chi connectivity index (χ0) is 19.5. The van der Waals surface area contributed by atoms with Crippen molar-refractivity contribution in [3.63, 3.8) is 0 Å². The summed E-state index contributed by atoms with van der Waals surface area (Å²) in [6, 6.07) is 24.4. The molecule has 0 aliphatic carbocycles. The molecule has 0 aliphatic rings. The monoisotopic (exact) mass is 448 g/mol. The Morgan fingerprint density at radius 3 is 2.39 bits per heavy atom. The highest BCUT2D eigenvalue weighted by Gasteiger charge is 2.08. The highest BCUT2D eigenvalue weighted by molar-refractivity contribution is 9.10. The summed E-state index contributed by atoms with van der Waals surface area (Å²) in [5.74, 6) is 0. The van der Waals surface area contributed by atoms with Crippen LogP contribution in [-0.2, 0) is 6.42 Å². The van der Waals surface area contributed by atoms with Crippen LogP contribution in [0.5, 0.6) is 0 Å². The van der Waals surface area contributed by atoms with E-state index in [2.05, 4.69) is 89.6 Å². The molecule has 0 unspecified atom stereocenters. The van der Waals surface area contributed by atoms with E-state index in [9.17, 15) is 0 Å². The lowest BCUT2D eigenvalue weighted by Gasteiger charge is -2.11. The molecule has 0 saturated carbocycles. The highest BCUT2D eigenvalue weighted by atomic mass is 79.9. The minimum Gasteiger partial charge on any atom is -0.142 e. The Labute approximate surface area is 181 Å². The second kappa shape index (κ2) is 8.71. The van der Waals surface area contributed by atoms with Crippen LogP contribution in [0.2, 0.25) is 0 Å². The first-order valence-electron chi connectivity index (χ1n) is 10.1. The molecular formula is C26H25BrS. The number of aryl methyl sites for hydroxylation is 1. The third-order valence-corrected chi connectivity index (χ3v) is 6.46. The molecule has 0 amide bonds. The average Bonchev–Trinajstić information content (AvgIpc) is 2.71. The van der Waals surface area contributed by atoms with Crippen LogP contribution in [0.3, 0.4) is 0 Å². The smallest absolute Gasteiger partial charge is 0.0198 e. The second-order valence-corrected chi connectivity index (χ2v) is 8.90. The van der Waals surface area contributed by atoms with Gasteiger partial charge in [-0.05, 0) is 69.3 Å². The lowest BCUT2D eigenvalue weighted by atomic mass is 9.96. The molecule has 0 heterocycles. The molecule has 0 saturated heterocycles. The van der Waals surface area contributed by atoms with Gasteiger partial charge in [0.05, 0.1) is 0 Å². The number of halogens is 1. The number of unbranched alkanes of at least 4 members (excludes halogenated alkanes) is 3. The predicted molar refractivity (Wildman–Crippen MR) is 130 cm³/mol. The summed E-state index contributed by atoms with van der Waals surface area (Å²) in [5.41, 5.74) is 3.85. The first kappa shape index (κ1) is 19.5. The molecule has 4 aromatic rings. The number of thiol groups is 1. The van der Waals surface area contributed by atoms with E-state index in [0.717, 1.165) is 9.37 Å². The summed E-state index contributed by atoms with van der Waals surface area (Å²) < 4.78 is 1.08. The van der Waals surface area contributed by atoms with Crippen LogP contribution in [0.4, 0.5) is 0 Å². The SMILES string of the molecule is CCCCCCc1ccc2ccc(-c3ccc4ccc(Br)cc4c3S)cc2c1. The summed E-state index contributed by atoms with van der Waals surface area (Å²) in [5, 5.41) is 5.00. The molecule has 0 fully saturated rings. The summed E-state index contributed by atoms with van der Waals surface area (Å²) in [4.78, 5) is 1.04. The van der Waals surface area contributed by atoms with Crippen molar-refractivity contribution in [1.29, 1.82) is 0 Å². The van der Waals surface area contributed by atoms with Gasteiger partial charge in [0.1, 0.15) is 0 Å². The van der Waals surface area contributed by atoms with Crippen LogP contribution >= 0.6 is 28.6 Å². The van der Waals surface area contributed by atoms with Gasteiger partial charge < -0.3 is 0 Å². The number of fused-ring (bicyclic) bond motifs is 2. The molecule has 4 aromatic carbocycles. The predicted octanol–water partition coefficient (Wildman–Crippen LogP) is 8.83. The largest absolute Gasteiger partial charge is 0.142 e. The molecule has 0 aliphatic heterocycles. The Bertz CT molecular complexity index is 1130. The van der Waals surface area contributed by atoms with Crippen LogP contribution < -0.4 is 0 Å². The van der Waals surface area contributed by atoms with E-state index in [1.807, 2.05) is 0 Å². The normalized spacial score (nSPS) is 11.4. The molecule has 0 nitrogen and oxygen atoms in total. The highest BCUT2D eigenvalue weighted by Crippen LogP contribution is 2.35. The maximum atomic E-state index is 4.88. The van der Waals surface area contributed by atoms with Crippen molar-refractivity contribution in [3.8, 4) is 11.1 Å². The van der Waals surface area contributed by atoms with Crippen LogP contribution in [-0.4, -0.2) is 0 Å². The van der Waals surface area contributed by atoms with Crippen molar-refractivity contribution in [3.05, 3.63) is 76.8 Å². The standard InChI is InChI=1S/C26H25BrS/c1-2-3-4-5-6-18-7-8-19-9-10-21(16-22(19)15-18)24-14-12-20-11-13-23(27)17-25(20)26(24)28/h7-17,28H,2-6H2,1H3. The molecule has 0 spiro atoms. The Hall–Kier alpha value is -1.77. The summed E-state index contributed by atoms with van der Waals surface area (Å²) in [7, 11) is 0. The van der Waals surface area contributed by atoms with Gasteiger partial charge in [-0.1, -0.05) is 90.6 Å². The molecule has 0 N–H and O–H groups in total. The third-order valence-electron chi connectivity index (χ3n) is 5.49.